The van der Waals surface area contributed by atoms with Crippen molar-refractivity contribution in [2.45, 2.75) is 11.4 Å². The molecule has 4 aromatic carbocycles. The van der Waals surface area contributed by atoms with Crippen LogP contribution < -0.4 is 23.8 Å². The third-order valence-electron chi connectivity index (χ3n) is 6.18. The molecule has 6 rings (SSSR count). The third kappa shape index (κ3) is 4.18. The number of para-hydroxylation sites is 2. The maximum absolute atomic E-state index is 15.3. The molecule has 1 saturated heterocycles. The van der Waals surface area contributed by atoms with Crippen molar-refractivity contribution in [2.75, 3.05) is 6.79 Å². The second-order valence-corrected chi connectivity index (χ2v) is 10.9. The number of nitrogens with one attached hydrogen (secondary N) is 1. The molecule has 0 radical (unpaired) electrons. The highest BCUT2D eigenvalue weighted by Crippen LogP contribution is 2.69. The van der Waals surface area contributed by atoms with Gasteiger partial charge in [-0.2, -0.15) is 0 Å². The number of hydrogen-bond acceptors (Lipinski definition) is 7. The molecule has 0 spiro atoms. The molecule has 2 aliphatic rings. The van der Waals surface area contributed by atoms with E-state index < -0.39 is 19.0 Å². The van der Waals surface area contributed by atoms with Crippen LogP contribution in [0.1, 0.15) is 17.2 Å². The second-order valence-electron chi connectivity index (χ2n) is 8.46. The molecule has 2 heterocycles. The number of hydrogen-bond donors (Lipinski definition) is 1. The number of thiocarbonyl (C=S) groups is 1. The summed E-state index contributed by atoms with van der Waals surface area (Å²) in [5.41, 5.74) is 1.28. The van der Waals surface area contributed by atoms with E-state index in [-0.39, 0.29) is 12.0 Å². The van der Waals surface area contributed by atoms with E-state index in [1.54, 1.807) is 60.7 Å². The first kappa shape index (κ1) is 23.4. The van der Waals surface area contributed by atoms with Crippen molar-refractivity contribution in [3.8, 4) is 23.0 Å². The first-order valence-corrected chi connectivity index (χ1v) is 13.6. The predicted octanol–water partition coefficient (Wildman–Crippen LogP) is 6.57. The van der Waals surface area contributed by atoms with Gasteiger partial charge in [-0.3, -0.25) is 0 Å². The first-order chi connectivity index (χ1) is 18.1. The lowest BCUT2D eigenvalue weighted by molar-refractivity contribution is 0.167. The smallest absolute Gasteiger partial charge is 0.459 e. The average Bonchev–Trinajstić information content (AvgIpc) is 3.55. The zero-order valence-electron chi connectivity index (χ0n) is 19.5. The van der Waals surface area contributed by atoms with Gasteiger partial charge in [-0.05, 0) is 59.7 Å². The Balaban J connectivity index is 1.58. The monoisotopic (exact) mass is 531 g/mol. The van der Waals surface area contributed by atoms with Crippen molar-refractivity contribution >= 4 is 25.0 Å². The van der Waals surface area contributed by atoms with E-state index in [1.807, 2.05) is 48.5 Å². The summed E-state index contributed by atoms with van der Waals surface area (Å²) in [5, 5.41) is 1.72. The zero-order chi connectivity index (χ0) is 25.3. The van der Waals surface area contributed by atoms with Crippen LogP contribution in [0.25, 0.3) is 0 Å². The molecule has 4 aromatic rings. The summed E-state index contributed by atoms with van der Waals surface area (Å²) in [5.74, 6) is 1.93. The molecular weight excluding hydrogens is 509 g/mol. The molecule has 9 heteroatoms. The van der Waals surface area contributed by atoms with E-state index in [2.05, 4.69) is 5.32 Å². The van der Waals surface area contributed by atoms with Crippen LogP contribution in [0.3, 0.4) is 0 Å². The van der Waals surface area contributed by atoms with Gasteiger partial charge in [-0.15, -0.1) is 0 Å². The van der Waals surface area contributed by atoms with Gasteiger partial charge in [0.25, 0.3) is 5.17 Å². The predicted molar refractivity (Wildman–Crippen MR) is 142 cm³/mol. The lowest BCUT2D eigenvalue weighted by atomic mass is 9.95. The summed E-state index contributed by atoms with van der Waals surface area (Å²) >= 11 is 5.52. The van der Waals surface area contributed by atoms with E-state index in [9.17, 15) is 0 Å². The summed E-state index contributed by atoms with van der Waals surface area (Å²) < 4.78 is 45.3. The molecule has 0 aromatic heterocycles. The van der Waals surface area contributed by atoms with Crippen molar-refractivity contribution in [3.63, 3.8) is 0 Å². The molecule has 2 aliphatic heterocycles. The van der Waals surface area contributed by atoms with E-state index in [1.165, 1.54) is 0 Å². The largest absolute Gasteiger partial charge is 0.465 e. The van der Waals surface area contributed by atoms with Gasteiger partial charge < -0.3 is 28.6 Å². The Morgan fingerprint density at radius 2 is 1.35 bits per heavy atom. The van der Waals surface area contributed by atoms with Gasteiger partial charge in [0.1, 0.15) is 11.5 Å². The van der Waals surface area contributed by atoms with Crippen molar-refractivity contribution in [1.82, 2.24) is 5.32 Å². The lowest BCUT2D eigenvalue weighted by Gasteiger charge is -2.38. The Morgan fingerprint density at radius 3 is 1.97 bits per heavy atom. The highest BCUT2D eigenvalue weighted by atomic mass is 32.1. The quantitative estimate of drug-likeness (QED) is 0.212. The second kappa shape index (κ2) is 9.47. The maximum Gasteiger partial charge on any atom is 0.465 e. The summed E-state index contributed by atoms with van der Waals surface area (Å²) in [7, 11) is -4.24. The van der Waals surface area contributed by atoms with Crippen molar-refractivity contribution in [3.05, 3.63) is 120 Å². The SMILES string of the molecule is O=P(Oc1ccccc1)(Oc1ccccc1)[C@@]1(c2ccccc2)NC(=S)O[C@@H]1c1ccc2c(c1)OCO2. The van der Waals surface area contributed by atoms with E-state index >= 15 is 4.57 Å². The molecule has 1 N–H and O–H groups in total. The highest BCUT2D eigenvalue weighted by molar-refractivity contribution is 7.80. The van der Waals surface area contributed by atoms with Gasteiger partial charge in [-0.25, -0.2) is 4.57 Å². The van der Waals surface area contributed by atoms with E-state index in [0.29, 0.717) is 34.1 Å². The Hall–Kier alpha value is -4.00. The van der Waals surface area contributed by atoms with Gasteiger partial charge in [-0.1, -0.05) is 72.8 Å². The molecule has 0 saturated carbocycles. The maximum atomic E-state index is 15.3. The number of rotatable bonds is 7. The summed E-state index contributed by atoms with van der Waals surface area (Å²) in [4.78, 5) is 0. The van der Waals surface area contributed by atoms with Crippen molar-refractivity contribution in [1.29, 1.82) is 0 Å². The van der Waals surface area contributed by atoms with Crippen LogP contribution in [-0.2, 0) is 14.6 Å². The van der Waals surface area contributed by atoms with Crippen LogP contribution in [0, 0.1) is 0 Å². The first-order valence-electron chi connectivity index (χ1n) is 11.6. The average molecular weight is 532 g/mol. The number of ether oxygens (including phenoxy) is 3. The Morgan fingerprint density at radius 1 is 0.784 bits per heavy atom. The molecule has 0 bridgehead atoms. The highest BCUT2D eigenvalue weighted by Gasteiger charge is 2.66. The minimum atomic E-state index is -4.24. The minimum Gasteiger partial charge on any atom is -0.459 e. The molecule has 186 valence electrons. The van der Waals surface area contributed by atoms with Crippen LogP contribution in [0.4, 0.5) is 0 Å². The molecule has 0 aliphatic carbocycles. The summed E-state index contributed by atoms with van der Waals surface area (Å²) in [6.45, 7) is 0.123. The molecule has 2 atom stereocenters. The van der Waals surface area contributed by atoms with E-state index in [0.717, 1.165) is 0 Å². The van der Waals surface area contributed by atoms with Gasteiger partial charge in [0.15, 0.2) is 17.6 Å². The van der Waals surface area contributed by atoms with Gasteiger partial charge in [0, 0.05) is 0 Å². The van der Waals surface area contributed by atoms with Crippen LogP contribution in [0.2, 0.25) is 0 Å². The number of fused-ring (bicyclic) bond motifs is 1. The van der Waals surface area contributed by atoms with Crippen LogP contribution in [-0.4, -0.2) is 12.0 Å². The number of benzene rings is 4. The van der Waals surface area contributed by atoms with Gasteiger partial charge in [0.05, 0.1) is 0 Å². The van der Waals surface area contributed by atoms with Crippen LogP contribution in [0.5, 0.6) is 23.0 Å². The fraction of sp³-hybridized carbons (Fsp3) is 0.107. The minimum absolute atomic E-state index is 0.0695. The third-order valence-corrected chi connectivity index (χ3v) is 8.75. The van der Waals surface area contributed by atoms with Crippen molar-refractivity contribution in [2.24, 2.45) is 0 Å². The molecule has 0 unspecified atom stereocenters. The van der Waals surface area contributed by atoms with Crippen molar-refractivity contribution < 1.29 is 27.8 Å². The fourth-order valence-electron chi connectivity index (χ4n) is 4.52. The normalized spacial score (nSPS) is 20.1. The topological polar surface area (TPSA) is 75.3 Å². The van der Waals surface area contributed by atoms with Crippen LogP contribution >= 0.6 is 19.8 Å². The molecule has 0 amide bonds. The molecule has 1 fully saturated rings. The van der Waals surface area contributed by atoms with Gasteiger partial charge >= 0.3 is 7.60 Å². The molecular formula is C28H22NO6PS. The molecule has 7 nitrogen and oxygen atoms in total. The Bertz CT molecular complexity index is 1420. The lowest BCUT2D eigenvalue weighted by Crippen LogP contribution is -2.44. The summed E-state index contributed by atoms with van der Waals surface area (Å²) in [6.07, 6.45) is -0.893. The molecule has 37 heavy (non-hydrogen) atoms. The Kier molecular flexibility index (Phi) is 5.99. The van der Waals surface area contributed by atoms with Gasteiger partial charge in [0.2, 0.25) is 12.1 Å². The summed E-state index contributed by atoms with van der Waals surface area (Å²) in [6, 6.07) is 32.5. The van der Waals surface area contributed by atoms with E-state index in [4.69, 9.17) is 35.5 Å². The Labute approximate surface area is 219 Å². The standard InChI is InChI=1S/C28H22NO6PS/c30-36(34-22-12-6-2-7-13-22,35-23-14-8-3-9-15-23)28(21-10-4-1-5-11-21)26(33-27(37)29-28)20-16-17-24-25(18-20)32-19-31-24/h1-18,26H,19H2,(H,29,37)/t26-,28-/m1/s1. The van der Waals surface area contributed by atoms with Crippen LogP contribution in [0.15, 0.2) is 109 Å². The fourth-order valence-corrected chi connectivity index (χ4v) is 7.17. The zero-order valence-corrected chi connectivity index (χ0v) is 21.2.